The molecule has 0 aliphatic carbocycles. The number of aromatic carboxylic acids is 1. The molecule has 3 nitrogen and oxygen atoms in total. The number of carboxylic acid groups (broad SMARTS) is 1. The van der Waals surface area contributed by atoms with E-state index in [1.165, 1.54) is 13.0 Å². The Labute approximate surface area is 73.0 Å². The van der Waals surface area contributed by atoms with Gasteiger partial charge in [0.2, 0.25) is 0 Å². The van der Waals surface area contributed by atoms with Gasteiger partial charge >= 0.3 is 5.97 Å². The molecule has 0 saturated heterocycles. The quantitative estimate of drug-likeness (QED) is 0.770. The lowest BCUT2D eigenvalue weighted by Gasteiger charge is -2.02. The van der Waals surface area contributed by atoms with Crippen LogP contribution in [0.25, 0.3) is 0 Å². The smallest absolute Gasteiger partial charge is 0.354 e. The molecular weight excluding hydrogens is 180 g/mol. The van der Waals surface area contributed by atoms with Gasteiger partial charge < -0.3 is 5.11 Å². The van der Waals surface area contributed by atoms with Crippen LogP contribution < -0.4 is 0 Å². The first-order valence-corrected chi connectivity index (χ1v) is 3.51. The summed E-state index contributed by atoms with van der Waals surface area (Å²) < 4.78 is 24.2. The zero-order chi connectivity index (χ0) is 10.0. The molecule has 5 heteroatoms. The second-order valence-electron chi connectivity index (χ2n) is 2.51. The number of nitrogens with zero attached hydrogens (tertiary/aromatic N) is 1. The number of hydrogen-bond donors (Lipinski definition) is 1. The van der Waals surface area contributed by atoms with Crippen LogP contribution in [0, 0.1) is 6.92 Å². The fraction of sp³-hybridized carbons (Fsp3) is 0.250. The molecule has 0 radical (unpaired) electrons. The molecule has 0 aliphatic heterocycles. The summed E-state index contributed by atoms with van der Waals surface area (Å²) in [7, 11) is 0. The lowest BCUT2D eigenvalue weighted by molar-refractivity contribution is 0.0688. The van der Waals surface area contributed by atoms with Crippen molar-refractivity contribution in [1.82, 2.24) is 4.98 Å². The zero-order valence-electron chi connectivity index (χ0n) is 6.79. The topological polar surface area (TPSA) is 50.2 Å². The highest BCUT2D eigenvalue weighted by Crippen LogP contribution is 2.17. The van der Waals surface area contributed by atoms with Crippen LogP contribution in [0.2, 0.25) is 0 Å². The number of carboxylic acids is 1. The maximum Gasteiger partial charge on any atom is 0.354 e. The summed E-state index contributed by atoms with van der Waals surface area (Å²) in [6, 6.07) is 2.43. The summed E-state index contributed by atoms with van der Waals surface area (Å²) in [5.74, 6) is -1.29. The van der Waals surface area contributed by atoms with E-state index in [0.29, 0.717) is 5.56 Å². The monoisotopic (exact) mass is 187 g/mol. The molecule has 0 atom stereocenters. The highest BCUT2D eigenvalue weighted by Gasteiger charge is 2.14. The van der Waals surface area contributed by atoms with Crippen molar-refractivity contribution in [2.45, 2.75) is 13.3 Å². The lowest BCUT2D eigenvalue weighted by Crippen LogP contribution is -2.05. The average molecular weight is 187 g/mol. The van der Waals surface area contributed by atoms with Gasteiger partial charge in [-0.3, -0.25) is 0 Å². The standard InChI is InChI=1S/C8H7F2NO2/c1-4-2-3-5(7(9)10)11-6(4)8(12)13/h2-3,7H,1H3,(H,12,13). The van der Waals surface area contributed by atoms with E-state index in [1.54, 1.807) is 0 Å². The van der Waals surface area contributed by atoms with E-state index in [1.807, 2.05) is 0 Å². The molecule has 0 fully saturated rings. The summed E-state index contributed by atoms with van der Waals surface area (Å²) in [6.07, 6.45) is -2.74. The van der Waals surface area contributed by atoms with Crippen LogP contribution in [0.1, 0.15) is 28.2 Å². The summed E-state index contributed by atoms with van der Waals surface area (Å²) in [6.45, 7) is 1.51. The van der Waals surface area contributed by atoms with Gasteiger partial charge in [-0.05, 0) is 18.6 Å². The van der Waals surface area contributed by atoms with Crippen molar-refractivity contribution in [3.05, 3.63) is 29.1 Å². The van der Waals surface area contributed by atoms with E-state index < -0.39 is 18.1 Å². The minimum Gasteiger partial charge on any atom is -0.477 e. The van der Waals surface area contributed by atoms with Crippen LogP contribution in [-0.4, -0.2) is 16.1 Å². The largest absolute Gasteiger partial charge is 0.477 e. The van der Waals surface area contributed by atoms with Crippen LogP contribution in [0.4, 0.5) is 8.78 Å². The maximum absolute atomic E-state index is 12.1. The van der Waals surface area contributed by atoms with Crippen molar-refractivity contribution in [3.63, 3.8) is 0 Å². The van der Waals surface area contributed by atoms with Crippen molar-refractivity contribution in [2.24, 2.45) is 0 Å². The number of rotatable bonds is 2. The van der Waals surface area contributed by atoms with Gasteiger partial charge in [-0.1, -0.05) is 6.07 Å². The molecular formula is C8H7F2NO2. The predicted octanol–water partition coefficient (Wildman–Crippen LogP) is 2.03. The van der Waals surface area contributed by atoms with Gasteiger partial charge in [-0.15, -0.1) is 0 Å². The van der Waals surface area contributed by atoms with Crippen LogP contribution >= 0.6 is 0 Å². The number of hydrogen-bond acceptors (Lipinski definition) is 2. The normalized spacial score (nSPS) is 10.5. The van der Waals surface area contributed by atoms with Gasteiger partial charge in [-0.2, -0.15) is 0 Å². The third-order valence-corrected chi connectivity index (χ3v) is 1.54. The molecule has 1 aromatic rings. The van der Waals surface area contributed by atoms with Crippen molar-refractivity contribution < 1.29 is 18.7 Å². The minimum atomic E-state index is -2.74. The first kappa shape index (κ1) is 9.57. The predicted molar refractivity (Wildman–Crippen MR) is 40.9 cm³/mol. The van der Waals surface area contributed by atoms with E-state index in [4.69, 9.17) is 5.11 Å². The summed E-state index contributed by atoms with van der Waals surface area (Å²) in [5, 5.41) is 8.56. The SMILES string of the molecule is Cc1ccc(C(F)F)nc1C(=O)O. The summed E-state index contributed by atoms with van der Waals surface area (Å²) in [5.41, 5.74) is -0.460. The van der Waals surface area contributed by atoms with E-state index in [-0.39, 0.29) is 5.69 Å². The molecule has 1 heterocycles. The fourth-order valence-corrected chi connectivity index (χ4v) is 0.882. The third kappa shape index (κ3) is 1.99. The number of alkyl halides is 2. The molecule has 0 saturated carbocycles. The molecule has 0 aliphatic rings. The van der Waals surface area contributed by atoms with Crippen LogP contribution in [0.5, 0.6) is 0 Å². The molecule has 0 aromatic carbocycles. The molecule has 0 spiro atoms. The van der Waals surface area contributed by atoms with Gasteiger partial charge in [0.15, 0.2) is 5.69 Å². The van der Waals surface area contributed by atoms with Crippen molar-refractivity contribution in [2.75, 3.05) is 0 Å². The van der Waals surface area contributed by atoms with E-state index >= 15 is 0 Å². The Morgan fingerprint density at radius 3 is 2.62 bits per heavy atom. The highest BCUT2D eigenvalue weighted by atomic mass is 19.3. The van der Waals surface area contributed by atoms with Crippen molar-refractivity contribution in [3.8, 4) is 0 Å². The van der Waals surface area contributed by atoms with Crippen molar-refractivity contribution in [1.29, 1.82) is 0 Å². The number of aromatic nitrogens is 1. The van der Waals surface area contributed by atoms with Crippen LogP contribution in [0.15, 0.2) is 12.1 Å². The molecule has 1 rings (SSSR count). The van der Waals surface area contributed by atoms with Gasteiger partial charge in [0.1, 0.15) is 5.69 Å². The van der Waals surface area contributed by atoms with E-state index in [9.17, 15) is 13.6 Å². The lowest BCUT2D eigenvalue weighted by atomic mass is 10.2. The van der Waals surface area contributed by atoms with Gasteiger partial charge in [0.25, 0.3) is 6.43 Å². The van der Waals surface area contributed by atoms with Gasteiger partial charge in [0, 0.05) is 0 Å². The summed E-state index contributed by atoms with van der Waals surface area (Å²) in [4.78, 5) is 13.8. The molecule has 1 aromatic heterocycles. The Morgan fingerprint density at radius 1 is 1.54 bits per heavy atom. The number of pyridine rings is 1. The first-order chi connectivity index (χ1) is 6.02. The molecule has 1 N–H and O–H groups in total. The third-order valence-electron chi connectivity index (χ3n) is 1.54. The Morgan fingerprint density at radius 2 is 2.15 bits per heavy atom. The minimum absolute atomic E-state index is 0.321. The number of aryl methyl sites for hydroxylation is 1. The second-order valence-corrected chi connectivity index (χ2v) is 2.51. The van der Waals surface area contributed by atoms with Crippen LogP contribution in [0.3, 0.4) is 0 Å². The molecule has 0 amide bonds. The molecule has 13 heavy (non-hydrogen) atoms. The Balaban J connectivity index is 3.19. The average Bonchev–Trinajstić information content (AvgIpc) is 2.04. The Kier molecular flexibility index (Phi) is 2.55. The molecule has 70 valence electrons. The first-order valence-electron chi connectivity index (χ1n) is 3.51. The molecule has 0 unspecified atom stereocenters. The van der Waals surface area contributed by atoms with Gasteiger partial charge in [-0.25, -0.2) is 18.6 Å². The second kappa shape index (κ2) is 3.47. The Hall–Kier alpha value is -1.52. The zero-order valence-corrected chi connectivity index (χ0v) is 6.79. The van der Waals surface area contributed by atoms with E-state index in [0.717, 1.165) is 6.07 Å². The van der Waals surface area contributed by atoms with Crippen LogP contribution in [-0.2, 0) is 0 Å². The number of halogens is 2. The Bertz CT molecular complexity index is 339. The molecule has 0 bridgehead atoms. The highest BCUT2D eigenvalue weighted by molar-refractivity contribution is 5.86. The summed E-state index contributed by atoms with van der Waals surface area (Å²) >= 11 is 0. The number of carbonyl (C=O) groups is 1. The van der Waals surface area contributed by atoms with E-state index in [2.05, 4.69) is 4.98 Å². The fourth-order valence-electron chi connectivity index (χ4n) is 0.882. The van der Waals surface area contributed by atoms with Crippen molar-refractivity contribution >= 4 is 5.97 Å². The maximum atomic E-state index is 12.1. The van der Waals surface area contributed by atoms with Gasteiger partial charge in [0.05, 0.1) is 0 Å².